The van der Waals surface area contributed by atoms with Gasteiger partial charge in [0.05, 0.1) is 22.9 Å². The van der Waals surface area contributed by atoms with Gasteiger partial charge in [-0.25, -0.2) is 22.5 Å². The van der Waals surface area contributed by atoms with E-state index in [9.17, 15) is 30.8 Å². The minimum absolute atomic E-state index is 0.0798. The molecule has 1 aliphatic carbocycles. The Bertz CT molecular complexity index is 1200. The van der Waals surface area contributed by atoms with Gasteiger partial charge in [0.1, 0.15) is 24.0 Å². The zero-order valence-corrected chi connectivity index (χ0v) is 19.8. The van der Waals surface area contributed by atoms with Gasteiger partial charge < -0.3 is 9.64 Å². The maximum atomic E-state index is 14.8. The molecule has 0 spiro atoms. The first-order chi connectivity index (χ1) is 16.5. The molecule has 12 heteroatoms. The van der Waals surface area contributed by atoms with Crippen molar-refractivity contribution < 1.29 is 35.5 Å². The number of alkyl halides is 3. The van der Waals surface area contributed by atoms with Gasteiger partial charge in [-0.2, -0.15) is 13.2 Å². The Morgan fingerprint density at radius 3 is 2.57 bits per heavy atom. The van der Waals surface area contributed by atoms with Crippen LogP contribution in [0.2, 0.25) is 0 Å². The van der Waals surface area contributed by atoms with Crippen molar-refractivity contribution in [3.05, 3.63) is 53.0 Å². The van der Waals surface area contributed by atoms with Crippen LogP contribution in [0, 0.1) is 5.82 Å². The number of hydrogen-bond acceptors (Lipinski definition) is 6. The number of aromatic nitrogens is 1. The summed E-state index contributed by atoms with van der Waals surface area (Å²) in [7, 11) is -3.85. The molecule has 4 rings (SSSR count). The number of halogens is 4. The van der Waals surface area contributed by atoms with E-state index in [1.54, 1.807) is 0 Å². The van der Waals surface area contributed by atoms with Crippen LogP contribution >= 0.6 is 0 Å². The van der Waals surface area contributed by atoms with Crippen LogP contribution in [0.1, 0.15) is 60.0 Å². The highest BCUT2D eigenvalue weighted by Gasteiger charge is 2.33. The number of rotatable bonds is 8. The molecule has 190 valence electrons. The van der Waals surface area contributed by atoms with Crippen LogP contribution in [0.4, 0.5) is 23.4 Å². The van der Waals surface area contributed by atoms with Crippen molar-refractivity contribution in [3.63, 3.8) is 0 Å². The van der Waals surface area contributed by atoms with Crippen LogP contribution in [0.25, 0.3) is 0 Å². The molecule has 2 heterocycles. The van der Waals surface area contributed by atoms with E-state index in [4.69, 9.17) is 4.74 Å². The minimum Gasteiger partial charge on any atom is -0.491 e. The number of nitrogens with one attached hydrogen (secondary N) is 1. The lowest BCUT2D eigenvalue weighted by atomic mass is 10.0. The molecular weight excluding hydrogens is 490 g/mol. The Labute approximate surface area is 200 Å². The Balaban J connectivity index is 1.50. The molecule has 2 aromatic rings. The highest BCUT2D eigenvalue weighted by molar-refractivity contribution is 7.90. The van der Waals surface area contributed by atoms with Crippen LogP contribution < -0.4 is 14.4 Å². The van der Waals surface area contributed by atoms with Crippen LogP contribution in [-0.2, 0) is 16.2 Å². The lowest BCUT2D eigenvalue weighted by Gasteiger charge is -2.26. The number of hydrogen-bond donors (Lipinski definition) is 1. The van der Waals surface area contributed by atoms with E-state index in [1.165, 1.54) is 19.1 Å². The van der Waals surface area contributed by atoms with Crippen molar-refractivity contribution >= 4 is 21.7 Å². The highest BCUT2D eigenvalue weighted by atomic mass is 32.2. The normalized spacial score (nSPS) is 18.5. The molecule has 0 radical (unpaired) electrons. The van der Waals surface area contributed by atoms with Gasteiger partial charge in [-0.15, -0.1) is 0 Å². The molecule has 1 aliphatic heterocycles. The summed E-state index contributed by atoms with van der Waals surface area (Å²) in [5.41, 5.74) is -0.566. The van der Waals surface area contributed by atoms with Gasteiger partial charge in [-0.05, 0) is 62.3 Å². The molecule has 2 fully saturated rings. The summed E-state index contributed by atoms with van der Waals surface area (Å²) in [6.45, 7) is 2.11. The zero-order chi connectivity index (χ0) is 25.4. The van der Waals surface area contributed by atoms with Gasteiger partial charge in [0, 0.05) is 18.8 Å². The highest BCUT2D eigenvalue weighted by Crippen LogP contribution is 2.45. The molecular formula is C23H25F4N3O4S. The van der Waals surface area contributed by atoms with E-state index in [1.807, 2.05) is 9.62 Å². The molecule has 1 aromatic carbocycles. The lowest BCUT2D eigenvalue weighted by molar-refractivity contribution is -0.137. The van der Waals surface area contributed by atoms with Crippen molar-refractivity contribution in [2.75, 3.05) is 23.8 Å². The van der Waals surface area contributed by atoms with Crippen LogP contribution in [0.5, 0.6) is 5.75 Å². The van der Waals surface area contributed by atoms with Gasteiger partial charge in [0.15, 0.2) is 0 Å². The fourth-order valence-corrected chi connectivity index (χ4v) is 4.61. The number of sulfonamides is 1. The average Bonchev–Trinajstić information content (AvgIpc) is 3.53. The summed E-state index contributed by atoms with van der Waals surface area (Å²) in [4.78, 5) is 18.2. The molecule has 2 aliphatic rings. The number of nitrogens with zero attached hydrogens (tertiary/aromatic N) is 2. The molecule has 7 nitrogen and oxygen atoms in total. The smallest absolute Gasteiger partial charge is 0.417 e. The molecule has 1 aromatic heterocycles. The second-order valence-electron chi connectivity index (χ2n) is 8.68. The summed E-state index contributed by atoms with van der Waals surface area (Å²) < 4.78 is 84.5. The summed E-state index contributed by atoms with van der Waals surface area (Å²) >= 11 is 0. The van der Waals surface area contributed by atoms with Crippen molar-refractivity contribution in [1.29, 1.82) is 0 Å². The Kier molecular flexibility index (Phi) is 6.94. The van der Waals surface area contributed by atoms with E-state index in [2.05, 4.69) is 4.98 Å². The molecule has 1 saturated carbocycles. The predicted molar refractivity (Wildman–Crippen MR) is 120 cm³/mol. The van der Waals surface area contributed by atoms with Gasteiger partial charge in [0.25, 0.3) is 5.91 Å². The fraction of sp³-hybridized carbons (Fsp3) is 0.478. The van der Waals surface area contributed by atoms with Crippen molar-refractivity contribution in [2.24, 2.45) is 0 Å². The van der Waals surface area contributed by atoms with Crippen LogP contribution in [0.15, 0.2) is 30.5 Å². The van der Waals surface area contributed by atoms with E-state index < -0.39 is 33.5 Å². The van der Waals surface area contributed by atoms with Gasteiger partial charge in [-0.3, -0.25) is 4.79 Å². The first-order valence-corrected chi connectivity index (χ1v) is 12.9. The average molecular weight is 516 g/mol. The second kappa shape index (κ2) is 9.63. The zero-order valence-electron chi connectivity index (χ0n) is 18.9. The predicted octanol–water partition coefficient (Wildman–Crippen LogP) is 4.24. The van der Waals surface area contributed by atoms with Crippen molar-refractivity contribution in [3.8, 4) is 5.75 Å². The third kappa shape index (κ3) is 5.85. The Morgan fingerprint density at radius 1 is 1.23 bits per heavy atom. The first kappa shape index (κ1) is 25.2. The van der Waals surface area contributed by atoms with E-state index in [-0.39, 0.29) is 35.6 Å². The summed E-state index contributed by atoms with van der Waals surface area (Å²) in [6.07, 6.45) is -0.478. The summed E-state index contributed by atoms with van der Waals surface area (Å²) in [5, 5.41) is 0. The van der Waals surface area contributed by atoms with Gasteiger partial charge in [-0.1, -0.05) is 0 Å². The minimum atomic E-state index is -4.47. The molecule has 1 amide bonds. The number of pyridine rings is 1. The number of ether oxygens (including phenoxy) is 1. The van der Waals surface area contributed by atoms with Crippen LogP contribution in [0.3, 0.4) is 0 Å². The third-order valence-electron chi connectivity index (χ3n) is 6.17. The SMILES string of the molecule is CCS(=O)(=O)NC(=O)c1cc(C2CC2)c(OCC2CCCN2c2ccc(C(F)(F)F)cn2)cc1F. The molecule has 1 N–H and O–H groups in total. The topological polar surface area (TPSA) is 88.6 Å². The fourth-order valence-electron chi connectivity index (χ4n) is 4.07. The first-order valence-electron chi connectivity index (χ1n) is 11.3. The molecule has 35 heavy (non-hydrogen) atoms. The quantitative estimate of drug-likeness (QED) is 0.529. The molecule has 1 saturated heterocycles. The number of carbonyl (C=O) groups excluding carboxylic acids is 1. The van der Waals surface area contributed by atoms with E-state index in [0.29, 0.717) is 17.9 Å². The summed E-state index contributed by atoms with van der Waals surface area (Å²) in [6, 6.07) is 4.58. The second-order valence-corrected chi connectivity index (χ2v) is 10.7. The largest absolute Gasteiger partial charge is 0.491 e. The number of anilines is 1. The lowest BCUT2D eigenvalue weighted by Crippen LogP contribution is -2.35. The monoisotopic (exact) mass is 515 g/mol. The van der Waals surface area contributed by atoms with E-state index in [0.717, 1.165) is 44.0 Å². The number of carbonyl (C=O) groups is 1. The van der Waals surface area contributed by atoms with Crippen LogP contribution in [-0.4, -0.2) is 44.3 Å². The summed E-state index contributed by atoms with van der Waals surface area (Å²) in [5.74, 6) is -1.50. The number of amides is 1. The maximum absolute atomic E-state index is 14.8. The maximum Gasteiger partial charge on any atom is 0.417 e. The van der Waals surface area contributed by atoms with Crippen molar-refractivity contribution in [1.82, 2.24) is 9.71 Å². The molecule has 1 unspecified atom stereocenters. The van der Waals surface area contributed by atoms with E-state index >= 15 is 0 Å². The third-order valence-corrected chi connectivity index (χ3v) is 7.42. The molecule has 0 bridgehead atoms. The number of benzene rings is 1. The Morgan fingerprint density at radius 2 is 1.97 bits per heavy atom. The van der Waals surface area contributed by atoms with Gasteiger partial charge in [0.2, 0.25) is 10.0 Å². The van der Waals surface area contributed by atoms with Crippen molar-refractivity contribution in [2.45, 2.75) is 50.7 Å². The standard InChI is InChI=1S/C23H25F4N3O4S/c1-2-35(32,33)29-22(31)18-10-17(14-5-6-14)20(11-19(18)24)34-13-16-4-3-9-30(16)21-8-7-15(12-28-21)23(25,26)27/h7-8,10-12,14,16H,2-6,9,13H2,1H3,(H,29,31). The molecule has 1 atom stereocenters. The van der Waals surface area contributed by atoms with Gasteiger partial charge >= 0.3 is 6.18 Å². The Hall–Kier alpha value is -2.89.